The first kappa shape index (κ1) is 20.0. The Morgan fingerprint density at radius 3 is 2.46 bits per heavy atom. The van der Waals surface area contributed by atoms with Crippen molar-refractivity contribution in [3.8, 4) is 0 Å². The van der Waals surface area contributed by atoms with Gasteiger partial charge < -0.3 is 10.1 Å². The second kappa shape index (κ2) is 8.52. The highest BCUT2D eigenvalue weighted by Gasteiger charge is 2.14. The van der Waals surface area contributed by atoms with E-state index in [1.54, 1.807) is 11.3 Å². The van der Waals surface area contributed by atoms with Crippen LogP contribution in [0, 0.1) is 0 Å². The average molecular weight is 397 g/mol. The number of aromatic nitrogens is 1. The third-order valence-electron chi connectivity index (χ3n) is 4.28. The van der Waals surface area contributed by atoms with E-state index in [2.05, 4.69) is 31.1 Å². The van der Waals surface area contributed by atoms with E-state index in [0.717, 1.165) is 15.2 Å². The molecule has 1 N–H and O–H groups in total. The molecule has 0 saturated heterocycles. The van der Waals surface area contributed by atoms with Gasteiger partial charge in [0.15, 0.2) is 6.61 Å². The molecule has 3 aromatic rings. The number of ether oxygens (including phenoxy) is 1. The molecule has 146 valence electrons. The van der Waals surface area contributed by atoms with E-state index in [4.69, 9.17) is 4.74 Å². The summed E-state index contributed by atoms with van der Waals surface area (Å²) in [7, 11) is 0. The lowest BCUT2D eigenvalue weighted by Gasteiger charge is -2.19. The van der Waals surface area contributed by atoms with Crippen molar-refractivity contribution in [3.63, 3.8) is 0 Å². The first-order chi connectivity index (χ1) is 13.3. The maximum atomic E-state index is 12.0. The molecule has 2 aromatic carbocycles. The van der Waals surface area contributed by atoms with Crippen LogP contribution in [0.5, 0.6) is 0 Å². The first-order valence-electron chi connectivity index (χ1n) is 9.22. The molecule has 0 aliphatic heterocycles. The molecular formula is C22H24N2O3S. The van der Waals surface area contributed by atoms with Crippen LogP contribution in [0.4, 0.5) is 5.69 Å². The van der Waals surface area contributed by atoms with Gasteiger partial charge in [0.25, 0.3) is 5.91 Å². The summed E-state index contributed by atoms with van der Waals surface area (Å²) in [6.07, 6.45) is 0.710. The van der Waals surface area contributed by atoms with Gasteiger partial charge in [0.2, 0.25) is 0 Å². The first-order valence-corrected chi connectivity index (χ1v) is 10.0. The van der Waals surface area contributed by atoms with Crippen LogP contribution in [0.1, 0.15) is 37.8 Å². The largest absolute Gasteiger partial charge is 0.456 e. The summed E-state index contributed by atoms with van der Waals surface area (Å²) in [5.74, 6) is -0.755. The van der Waals surface area contributed by atoms with Gasteiger partial charge >= 0.3 is 5.97 Å². The zero-order valence-corrected chi connectivity index (χ0v) is 17.1. The maximum Gasteiger partial charge on any atom is 0.306 e. The lowest BCUT2D eigenvalue weighted by molar-refractivity contribution is -0.147. The highest BCUT2D eigenvalue weighted by molar-refractivity contribution is 7.18. The van der Waals surface area contributed by atoms with Crippen molar-refractivity contribution in [2.45, 2.75) is 39.0 Å². The molecular weight excluding hydrogens is 372 g/mol. The van der Waals surface area contributed by atoms with E-state index >= 15 is 0 Å². The summed E-state index contributed by atoms with van der Waals surface area (Å²) in [5, 5.41) is 3.63. The number of hydrogen-bond acceptors (Lipinski definition) is 5. The maximum absolute atomic E-state index is 12.0. The Balaban J connectivity index is 1.43. The molecule has 1 aromatic heterocycles. The van der Waals surface area contributed by atoms with Gasteiger partial charge in [-0.05, 0) is 35.2 Å². The number of aryl methyl sites for hydroxylation is 1. The molecule has 0 atom stereocenters. The molecule has 1 amide bonds. The lowest BCUT2D eigenvalue weighted by Crippen LogP contribution is -2.21. The molecule has 0 aliphatic rings. The number of esters is 1. The molecule has 5 nitrogen and oxygen atoms in total. The minimum atomic E-state index is -0.405. The minimum Gasteiger partial charge on any atom is -0.456 e. The monoisotopic (exact) mass is 396 g/mol. The smallest absolute Gasteiger partial charge is 0.306 e. The number of benzene rings is 2. The Hall–Kier alpha value is -2.73. The molecule has 3 rings (SSSR count). The fourth-order valence-corrected chi connectivity index (χ4v) is 3.67. The summed E-state index contributed by atoms with van der Waals surface area (Å²) < 4.78 is 6.18. The van der Waals surface area contributed by atoms with Crippen molar-refractivity contribution in [3.05, 3.63) is 59.1 Å². The summed E-state index contributed by atoms with van der Waals surface area (Å²) >= 11 is 1.57. The zero-order valence-electron chi connectivity index (χ0n) is 16.3. The normalized spacial score (nSPS) is 11.4. The van der Waals surface area contributed by atoms with Gasteiger partial charge in [-0.1, -0.05) is 45.0 Å². The molecule has 0 spiro atoms. The molecule has 0 saturated carbocycles. The van der Waals surface area contributed by atoms with E-state index in [-0.39, 0.29) is 24.3 Å². The van der Waals surface area contributed by atoms with Crippen LogP contribution in [0.3, 0.4) is 0 Å². The highest BCUT2D eigenvalue weighted by atomic mass is 32.1. The number of para-hydroxylation sites is 1. The topological polar surface area (TPSA) is 68.3 Å². The standard InChI is InChI=1S/C22H24N2O3S/c1-22(2,3)15-8-10-16(11-9-15)23-19(25)14-27-21(26)13-12-20-24-17-6-4-5-7-18(17)28-20/h4-11H,12-14H2,1-3H3,(H,23,25). The summed E-state index contributed by atoms with van der Waals surface area (Å²) in [6.45, 7) is 6.11. The third-order valence-corrected chi connectivity index (χ3v) is 5.38. The number of carbonyl (C=O) groups is 2. The molecule has 0 fully saturated rings. The number of nitrogens with one attached hydrogen (secondary N) is 1. The quantitative estimate of drug-likeness (QED) is 0.613. The molecule has 1 heterocycles. The van der Waals surface area contributed by atoms with E-state index in [1.165, 1.54) is 5.56 Å². The number of rotatable bonds is 6. The van der Waals surface area contributed by atoms with Gasteiger partial charge in [-0.15, -0.1) is 11.3 Å². The summed E-state index contributed by atoms with van der Waals surface area (Å²) in [6, 6.07) is 15.5. The van der Waals surface area contributed by atoms with Crippen LogP contribution in [0.15, 0.2) is 48.5 Å². The predicted molar refractivity (Wildman–Crippen MR) is 113 cm³/mol. The van der Waals surface area contributed by atoms with Gasteiger partial charge in [0, 0.05) is 12.1 Å². The predicted octanol–water partition coefficient (Wildman–Crippen LogP) is 4.71. The number of anilines is 1. The van der Waals surface area contributed by atoms with Gasteiger partial charge in [0.05, 0.1) is 21.6 Å². The zero-order chi connectivity index (χ0) is 20.1. The number of fused-ring (bicyclic) bond motifs is 1. The Morgan fingerprint density at radius 2 is 1.79 bits per heavy atom. The van der Waals surface area contributed by atoms with Crippen LogP contribution in [-0.2, 0) is 26.2 Å². The van der Waals surface area contributed by atoms with E-state index in [1.807, 2.05) is 48.5 Å². The van der Waals surface area contributed by atoms with Crippen molar-refractivity contribution >= 4 is 39.1 Å². The minimum absolute atomic E-state index is 0.0569. The highest BCUT2D eigenvalue weighted by Crippen LogP contribution is 2.24. The molecule has 0 radical (unpaired) electrons. The second-order valence-electron chi connectivity index (χ2n) is 7.61. The van der Waals surface area contributed by atoms with E-state index in [9.17, 15) is 9.59 Å². The van der Waals surface area contributed by atoms with Gasteiger partial charge in [0.1, 0.15) is 0 Å². The van der Waals surface area contributed by atoms with E-state index < -0.39 is 5.97 Å². The van der Waals surface area contributed by atoms with Crippen LogP contribution >= 0.6 is 11.3 Å². The summed E-state index contributed by atoms with van der Waals surface area (Å²) in [5.41, 5.74) is 2.87. The fraction of sp³-hybridized carbons (Fsp3) is 0.318. The van der Waals surface area contributed by atoms with Crippen molar-refractivity contribution in [2.24, 2.45) is 0 Å². The molecule has 6 heteroatoms. The Morgan fingerprint density at radius 1 is 1.07 bits per heavy atom. The SMILES string of the molecule is CC(C)(C)c1ccc(NC(=O)COC(=O)CCc2nc3ccccc3s2)cc1. The number of thiazole rings is 1. The van der Waals surface area contributed by atoms with Crippen molar-refractivity contribution in [1.29, 1.82) is 0 Å². The molecule has 0 aliphatic carbocycles. The number of hydrogen-bond donors (Lipinski definition) is 1. The van der Waals surface area contributed by atoms with Crippen molar-refractivity contribution in [2.75, 3.05) is 11.9 Å². The van der Waals surface area contributed by atoms with Gasteiger partial charge in [-0.25, -0.2) is 4.98 Å². The van der Waals surface area contributed by atoms with Crippen LogP contribution in [0.2, 0.25) is 0 Å². The van der Waals surface area contributed by atoms with Gasteiger partial charge in [-0.2, -0.15) is 0 Å². The molecule has 0 unspecified atom stereocenters. The number of amides is 1. The molecule has 0 bridgehead atoms. The van der Waals surface area contributed by atoms with Crippen molar-refractivity contribution in [1.82, 2.24) is 4.98 Å². The Bertz CT molecular complexity index is 938. The Labute approximate surface area is 168 Å². The van der Waals surface area contributed by atoms with E-state index in [0.29, 0.717) is 12.1 Å². The van der Waals surface area contributed by atoms with Crippen molar-refractivity contribution < 1.29 is 14.3 Å². The Kier molecular flexibility index (Phi) is 6.09. The second-order valence-corrected chi connectivity index (χ2v) is 8.73. The van der Waals surface area contributed by atoms with Crippen LogP contribution in [-0.4, -0.2) is 23.5 Å². The van der Waals surface area contributed by atoms with Crippen LogP contribution in [0.25, 0.3) is 10.2 Å². The fourth-order valence-electron chi connectivity index (χ4n) is 2.70. The number of nitrogens with zero attached hydrogens (tertiary/aromatic N) is 1. The number of carbonyl (C=O) groups excluding carboxylic acids is 2. The van der Waals surface area contributed by atoms with Gasteiger partial charge in [-0.3, -0.25) is 9.59 Å². The van der Waals surface area contributed by atoms with Crippen LogP contribution < -0.4 is 5.32 Å². The average Bonchev–Trinajstić information content (AvgIpc) is 3.07. The molecule has 28 heavy (non-hydrogen) atoms. The third kappa shape index (κ3) is 5.39. The summed E-state index contributed by atoms with van der Waals surface area (Å²) in [4.78, 5) is 28.4. The lowest BCUT2D eigenvalue weighted by atomic mass is 9.87.